The first kappa shape index (κ1) is 13.2. The molecule has 1 N–H and O–H groups in total. The summed E-state index contributed by atoms with van der Waals surface area (Å²) in [6.07, 6.45) is 0. The molecular formula is C15H20N2O3. The molecule has 0 radical (unpaired) electrons. The van der Waals surface area contributed by atoms with E-state index in [1.807, 2.05) is 25.2 Å². The van der Waals surface area contributed by atoms with Crippen LogP contribution >= 0.6 is 0 Å². The maximum atomic E-state index is 12.4. The van der Waals surface area contributed by atoms with Crippen LogP contribution in [0.2, 0.25) is 0 Å². The molecule has 0 aliphatic carbocycles. The average Bonchev–Trinajstić information content (AvgIpc) is 3.05. The normalized spacial score (nSPS) is 23.9. The second-order valence-electron chi connectivity index (χ2n) is 5.62. The van der Waals surface area contributed by atoms with Crippen LogP contribution in [0.1, 0.15) is 12.5 Å². The highest BCUT2D eigenvalue weighted by molar-refractivity contribution is 5.79. The highest BCUT2D eigenvalue weighted by Crippen LogP contribution is 2.32. The zero-order valence-electron chi connectivity index (χ0n) is 11.9. The van der Waals surface area contributed by atoms with Crippen molar-refractivity contribution in [3.8, 4) is 11.5 Å². The van der Waals surface area contributed by atoms with E-state index in [0.29, 0.717) is 12.5 Å². The van der Waals surface area contributed by atoms with E-state index in [9.17, 15) is 4.79 Å². The molecule has 1 aromatic carbocycles. The van der Waals surface area contributed by atoms with Crippen LogP contribution in [-0.4, -0.2) is 37.7 Å². The van der Waals surface area contributed by atoms with Crippen molar-refractivity contribution in [1.29, 1.82) is 0 Å². The summed E-state index contributed by atoms with van der Waals surface area (Å²) >= 11 is 0. The number of fused-ring (bicyclic) bond motifs is 1. The molecule has 1 amide bonds. The van der Waals surface area contributed by atoms with Crippen molar-refractivity contribution >= 4 is 5.91 Å². The van der Waals surface area contributed by atoms with E-state index in [-0.39, 0.29) is 18.6 Å². The lowest BCUT2D eigenvalue weighted by Crippen LogP contribution is -2.35. The maximum Gasteiger partial charge on any atom is 0.231 e. The number of nitrogens with one attached hydrogen (secondary N) is 1. The monoisotopic (exact) mass is 276 g/mol. The summed E-state index contributed by atoms with van der Waals surface area (Å²) in [5.74, 6) is 2.24. The van der Waals surface area contributed by atoms with Crippen LogP contribution in [0.25, 0.3) is 0 Å². The van der Waals surface area contributed by atoms with Gasteiger partial charge in [0.15, 0.2) is 11.5 Å². The SMILES string of the molecule is C[C@@H]1CNC[C@H]1C(=O)N(C)Cc1ccc2c(c1)OCO2. The van der Waals surface area contributed by atoms with Crippen LogP contribution in [0.3, 0.4) is 0 Å². The van der Waals surface area contributed by atoms with Gasteiger partial charge in [-0.25, -0.2) is 0 Å². The van der Waals surface area contributed by atoms with Gasteiger partial charge in [0.1, 0.15) is 0 Å². The molecule has 2 aliphatic heterocycles. The van der Waals surface area contributed by atoms with Gasteiger partial charge in [-0.1, -0.05) is 13.0 Å². The number of hydrogen-bond donors (Lipinski definition) is 1. The molecule has 20 heavy (non-hydrogen) atoms. The lowest BCUT2D eigenvalue weighted by molar-refractivity contribution is -0.135. The van der Waals surface area contributed by atoms with Crippen LogP contribution in [0.4, 0.5) is 0 Å². The molecule has 108 valence electrons. The summed E-state index contributed by atoms with van der Waals surface area (Å²) < 4.78 is 10.7. The fourth-order valence-electron chi connectivity index (χ4n) is 2.81. The number of carbonyl (C=O) groups excluding carboxylic acids is 1. The van der Waals surface area contributed by atoms with E-state index >= 15 is 0 Å². The Labute approximate surface area is 118 Å². The Hall–Kier alpha value is -1.75. The number of carbonyl (C=O) groups is 1. The van der Waals surface area contributed by atoms with Crippen LogP contribution in [-0.2, 0) is 11.3 Å². The van der Waals surface area contributed by atoms with Gasteiger partial charge in [-0.15, -0.1) is 0 Å². The fourth-order valence-corrected chi connectivity index (χ4v) is 2.81. The maximum absolute atomic E-state index is 12.4. The quantitative estimate of drug-likeness (QED) is 0.902. The Bertz CT molecular complexity index is 518. The second kappa shape index (κ2) is 5.32. The fraction of sp³-hybridized carbons (Fsp3) is 0.533. The summed E-state index contributed by atoms with van der Waals surface area (Å²) in [7, 11) is 1.86. The van der Waals surface area contributed by atoms with Crippen molar-refractivity contribution in [3.63, 3.8) is 0 Å². The summed E-state index contributed by atoms with van der Waals surface area (Å²) in [6.45, 7) is 4.70. The molecule has 2 aliphatic rings. The number of amides is 1. The molecule has 5 nitrogen and oxygen atoms in total. The lowest BCUT2D eigenvalue weighted by Gasteiger charge is -2.23. The molecule has 2 atom stereocenters. The number of hydrogen-bond acceptors (Lipinski definition) is 4. The van der Waals surface area contributed by atoms with Crippen LogP contribution in [0, 0.1) is 11.8 Å². The van der Waals surface area contributed by atoms with Gasteiger partial charge in [-0.2, -0.15) is 0 Å². The van der Waals surface area contributed by atoms with Gasteiger partial charge < -0.3 is 19.7 Å². The molecule has 0 bridgehead atoms. The van der Waals surface area contributed by atoms with Crippen LogP contribution in [0.15, 0.2) is 18.2 Å². The van der Waals surface area contributed by atoms with E-state index in [4.69, 9.17) is 9.47 Å². The molecule has 2 heterocycles. The number of nitrogens with zero attached hydrogens (tertiary/aromatic N) is 1. The molecule has 1 fully saturated rings. The minimum atomic E-state index is 0.0917. The average molecular weight is 276 g/mol. The third-order valence-corrected chi connectivity index (χ3v) is 4.07. The second-order valence-corrected chi connectivity index (χ2v) is 5.62. The minimum absolute atomic E-state index is 0.0917. The Morgan fingerprint density at radius 3 is 2.90 bits per heavy atom. The first-order chi connectivity index (χ1) is 9.65. The standard InChI is InChI=1S/C15H20N2O3/c1-10-6-16-7-12(10)15(18)17(2)8-11-3-4-13-14(5-11)20-9-19-13/h3-5,10,12,16H,6-9H2,1-2H3/t10-,12-/m1/s1. The molecule has 3 rings (SSSR count). The number of benzene rings is 1. The van der Waals surface area contributed by atoms with Crippen molar-refractivity contribution in [2.45, 2.75) is 13.5 Å². The van der Waals surface area contributed by atoms with E-state index in [0.717, 1.165) is 30.2 Å². The smallest absolute Gasteiger partial charge is 0.231 e. The summed E-state index contributed by atoms with van der Waals surface area (Å²) in [5, 5.41) is 3.27. The van der Waals surface area contributed by atoms with Crippen LogP contribution in [0.5, 0.6) is 11.5 Å². The first-order valence-electron chi connectivity index (χ1n) is 6.99. The third-order valence-electron chi connectivity index (χ3n) is 4.07. The van der Waals surface area contributed by atoms with Crippen molar-refractivity contribution < 1.29 is 14.3 Å². The predicted octanol–water partition coefficient (Wildman–Crippen LogP) is 1.23. The minimum Gasteiger partial charge on any atom is -0.454 e. The van der Waals surface area contributed by atoms with Crippen molar-refractivity contribution in [3.05, 3.63) is 23.8 Å². The van der Waals surface area contributed by atoms with Gasteiger partial charge in [0.25, 0.3) is 0 Å². The van der Waals surface area contributed by atoms with Gasteiger partial charge in [-0.3, -0.25) is 4.79 Å². The first-order valence-corrected chi connectivity index (χ1v) is 6.99. The zero-order valence-corrected chi connectivity index (χ0v) is 11.9. The predicted molar refractivity (Wildman–Crippen MR) is 74.6 cm³/mol. The topological polar surface area (TPSA) is 50.8 Å². The molecular weight excluding hydrogens is 256 g/mol. The van der Waals surface area contributed by atoms with E-state index in [1.165, 1.54) is 0 Å². The highest BCUT2D eigenvalue weighted by atomic mass is 16.7. The van der Waals surface area contributed by atoms with Gasteiger partial charge in [-0.05, 0) is 30.2 Å². The highest BCUT2D eigenvalue weighted by Gasteiger charge is 2.31. The zero-order chi connectivity index (χ0) is 14.1. The van der Waals surface area contributed by atoms with E-state index < -0.39 is 0 Å². The van der Waals surface area contributed by atoms with Gasteiger partial charge in [0.2, 0.25) is 12.7 Å². The van der Waals surface area contributed by atoms with Crippen LogP contribution < -0.4 is 14.8 Å². The molecule has 0 aromatic heterocycles. The molecule has 0 saturated carbocycles. The van der Waals surface area contributed by atoms with Crippen molar-refractivity contribution in [2.24, 2.45) is 11.8 Å². The summed E-state index contributed by atoms with van der Waals surface area (Å²) in [6, 6.07) is 5.83. The van der Waals surface area contributed by atoms with Gasteiger partial charge in [0.05, 0.1) is 5.92 Å². The Morgan fingerprint density at radius 1 is 1.35 bits per heavy atom. The Balaban J connectivity index is 1.66. The van der Waals surface area contributed by atoms with Gasteiger partial charge in [0, 0.05) is 20.1 Å². The lowest BCUT2D eigenvalue weighted by atomic mass is 9.96. The third kappa shape index (κ3) is 2.45. The van der Waals surface area contributed by atoms with E-state index in [1.54, 1.807) is 4.90 Å². The Kier molecular flexibility index (Phi) is 3.53. The molecule has 0 spiro atoms. The number of rotatable bonds is 3. The molecule has 1 saturated heterocycles. The molecule has 5 heteroatoms. The van der Waals surface area contributed by atoms with Crippen molar-refractivity contribution in [2.75, 3.05) is 26.9 Å². The largest absolute Gasteiger partial charge is 0.454 e. The summed E-state index contributed by atoms with van der Waals surface area (Å²) in [4.78, 5) is 14.2. The number of ether oxygens (including phenoxy) is 2. The summed E-state index contributed by atoms with van der Waals surface area (Å²) in [5.41, 5.74) is 1.06. The molecule has 0 unspecified atom stereocenters. The van der Waals surface area contributed by atoms with Gasteiger partial charge >= 0.3 is 0 Å². The Morgan fingerprint density at radius 2 is 2.15 bits per heavy atom. The van der Waals surface area contributed by atoms with Crippen molar-refractivity contribution in [1.82, 2.24) is 10.2 Å². The molecule has 1 aromatic rings. The van der Waals surface area contributed by atoms with E-state index in [2.05, 4.69) is 12.2 Å².